The van der Waals surface area contributed by atoms with Gasteiger partial charge in [-0.25, -0.2) is 4.90 Å². The molecule has 0 radical (unpaired) electrons. The van der Waals surface area contributed by atoms with Gasteiger partial charge in [0.15, 0.2) is 0 Å². The van der Waals surface area contributed by atoms with E-state index in [0.717, 1.165) is 4.90 Å². The van der Waals surface area contributed by atoms with E-state index in [-0.39, 0.29) is 11.3 Å². The molecular formula is C24H19ClN2O4. The molecule has 156 valence electrons. The van der Waals surface area contributed by atoms with Crippen molar-refractivity contribution >= 4 is 40.4 Å². The average Bonchev–Trinajstić information content (AvgIpc) is 3.04. The largest absolute Gasteiger partial charge is 0.497 e. The van der Waals surface area contributed by atoms with Gasteiger partial charge in [0, 0.05) is 22.8 Å². The number of ether oxygens (including phenoxy) is 2. The number of hydrogen-bond donors (Lipinski definition) is 1. The van der Waals surface area contributed by atoms with Crippen LogP contribution in [0.2, 0.25) is 5.02 Å². The molecule has 0 unspecified atom stereocenters. The quantitative estimate of drug-likeness (QED) is 0.567. The molecule has 0 bridgehead atoms. The lowest BCUT2D eigenvalue weighted by Crippen LogP contribution is -2.32. The van der Waals surface area contributed by atoms with E-state index in [1.165, 1.54) is 7.11 Å². The van der Waals surface area contributed by atoms with Crippen LogP contribution in [0.3, 0.4) is 0 Å². The highest BCUT2D eigenvalue weighted by molar-refractivity contribution is 6.46. The Morgan fingerprint density at radius 3 is 2.13 bits per heavy atom. The van der Waals surface area contributed by atoms with Gasteiger partial charge in [-0.1, -0.05) is 35.9 Å². The van der Waals surface area contributed by atoms with Gasteiger partial charge in [0.2, 0.25) is 0 Å². The number of halogens is 1. The lowest BCUT2D eigenvalue weighted by molar-refractivity contribution is -0.120. The molecule has 0 fully saturated rings. The first kappa shape index (κ1) is 20.5. The number of hydrogen-bond acceptors (Lipinski definition) is 5. The summed E-state index contributed by atoms with van der Waals surface area (Å²) in [6.07, 6.45) is 0. The SMILES string of the molecule is COc1cccc(NC2=C(c3ccc(Cl)cc3)C(=O)N(c3cccc(OC)c3)C2=O)c1. The molecule has 1 heterocycles. The van der Waals surface area contributed by atoms with Gasteiger partial charge in [0.25, 0.3) is 11.8 Å². The molecule has 1 aliphatic rings. The lowest BCUT2D eigenvalue weighted by atomic mass is 10.0. The van der Waals surface area contributed by atoms with E-state index in [4.69, 9.17) is 21.1 Å². The average molecular weight is 435 g/mol. The number of amides is 2. The Bertz CT molecular complexity index is 1190. The van der Waals surface area contributed by atoms with Crippen LogP contribution in [0.15, 0.2) is 78.5 Å². The fraction of sp³-hybridized carbons (Fsp3) is 0.0833. The Labute approximate surface area is 184 Å². The zero-order valence-electron chi connectivity index (χ0n) is 16.9. The van der Waals surface area contributed by atoms with Crippen LogP contribution >= 0.6 is 11.6 Å². The summed E-state index contributed by atoms with van der Waals surface area (Å²) in [6, 6.07) is 20.7. The molecule has 7 heteroatoms. The van der Waals surface area contributed by atoms with Gasteiger partial charge in [0.1, 0.15) is 17.2 Å². The molecule has 2 amide bonds. The Morgan fingerprint density at radius 2 is 1.45 bits per heavy atom. The van der Waals surface area contributed by atoms with Gasteiger partial charge >= 0.3 is 0 Å². The van der Waals surface area contributed by atoms with Crippen molar-refractivity contribution in [1.29, 1.82) is 0 Å². The molecule has 3 aromatic carbocycles. The van der Waals surface area contributed by atoms with Crippen LogP contribution in [0, 0.1) is 0 Å². The predicted molar refractivity (Wildman–Crippen MR) is 120 cm³/mol. The Kier molecular flexibility index (Phi) is 5.64. The number of carbonyl (C=O) groups excluding carboxylic acids is 2. The number of methoxy groups -OCH3 is 2. The molecule has 0 saturated carbocycles. The molecule has 4 rings (SSSR count). The van der Waals surface area contributed by atoms with E-state index >= 15 is 0 Å². The highest BCUT2D eigenvalue weighted by Crippen LogP contribution is 2.35. The first-order valence-electron chi connectivity index (χ1n) is 9.46. The summed E-state index contributed by atoms with van der Waals surface area (Å²) in [5.41, 5.74) is 2.05. The molecule has 0 aliphatic carbocycles. The van der Waals surface area contributed by atoms with Crippen molar-refractivity contribution in [3.8, 4) is 11.5 Å². The number of nitrogens with one attached hydrogen (secondary N) is 1. The van der Waals surface area contributed by atoms with E-state index < -0.39 is 11.8 Å². The summed E-state index contributed by atoms with van der Waals surface area (Å²) in [6.45, 7) is 0. The standard InChI is InChI=1S/C24H19ClN2O4/c1-30-19-7-3-5-17(13-19)26-22-21(15-9-11-16(25)12-10-15)23(28)27(24(22)29)18-6-4-8-20(14-18)31-2/h3-14,26H,1-2H3. The van der Waals surface area contributed by atoms with Crippen LogP contribution in [-0.2, 0) is 9.59 Å². The number of imide groups is 1. The van der Waals surface area contributed by atoms with Crippen molar-refractivity contribution in [2.75, 3.05) is 24.4 Å². The number of anilines is 2. The second-order valence-electron chi connectivity index (χ2n) is 6.76. The second kappa shape index (κ2) is 8.53. The minimum absolute atomic E-state index is 0.170. The molecule has 0 spiro atoms. The van der Waals surface area contributed by atoms with E-state index in [9.17, 15) is 9.59 Å². The molecule has 0 aromatic heterocycles. The monoisotopic (exact) mass is 434 g/mol. The van der Waals surface area contributed by atoms with Gasteiger partial charge in [-0.3, -0.25) is 9.59 Å². The summed E-state index contributed by atoms with van der Waals surface area (Å²) in [5, 5.41) is 3.65. The molecular weight excluding hydrogens is 416 g/mol. The van der Waals surface area contributed by atoms with E-state index in [1.54, 1.807) is 79.9 Å². The van der Waals surface area contributed by atoms with Gasteiger partial charge in [-0.15, -0.1) is 0 Å². The van der Waals surface area contributed by atoms with Gasteiger partial charge in [-0.2, -0.15) is 0 Å². The summed E-state index contributed by atoms with van der Waals surface area (Å²) >= 11 is 6.02. The Balaban J connectivity index is 1.81. The van der Waals surface area contributed by atoms with Crippen molar-refractivity contribution in [3.63, 3.8) is 0 Å². The molecule has 0 atom stereocenters. The van der Waals surface area contributed by atoms with E-state index in [2.05, 4.69) is 5.32 Å². The number of carbonyl (C=O) groups is 2. The van der Waals surface area contributed by atoms with E-state index in [1.807, 2.05) is 0 Å². The fourth-order valence-electron chi connectivity index (χ4n) is 3.36. The van der Waals surface area contributed by atoms with Crippen LogP contribution in [0.1, 0.15) is 5.56 Å². The minimum Gasteiger partial charge on any atom is -0.497 e. The molecule has 1 N–H and O–H groups in total. The number of rotatable bonds is 6. The topological polar surface area (TPSA) is 67.9 Å². The first-order chi connectivity index (χ1) is 15.0. The van der Waals surface area contributed by atoms with Crippen molar-refractivity contribution in [2.24, 2.45) is 0 Å². The van der Waals surface area contributed by atoms with Crippen LogP contribution in [0.5, 0.6) is 11.5 Å². The summed E-state index contributed by atoms with van der Waals surface area (Å²) in [4.78, 5) is 28.0. The third-order valence-corrected chi connectivity index (χ3v) is 5.12. The van der Waals surface area contributed by atoms with Crippen LogP contribution in [-0.4, -0.2) is 26.0 Å². The van der Waals surface area contributed by atoms with Crippen molar-refractivity contribution in [1.82, 2.24) is 0 Å². The van der Waals surface area contributed by atoms with Gasteiger partial charge in [-0.05, 0) is 42.0 Å². The third kappa shape index (κ3) is 3.98. The molecule has 0 saturated heterocycles. The molecule has 1 aliphatic heterocycles. The molecule has 3 aromatic rings. The van der Waals surface area contributed by atoms with Crippen molar-refractivity contribution in [3.05, 3.63) is 89.1 Å². The minimum atomic E-state index is -0.467. The number of nitrogens with zero attached hydrogens (tertiary/aromatic N) is 1. The predicted octanol–water partition coefficient (Wildman–Crippen LogP) is 4.75. The smallest absolute Gasteiger partial charge is 0.282 e. The Morgan fingerprint density at radius 1 is 0.806 bits per heavy atom. The van der Waals surface area contributed by atoms with Crippen LogP contribution < -0.4 is 19.7 Å². The summed E-state index contributed by atoms with van der Waals surface area (Å²) in [7, 11) is 3.09. The maximum absolute atomic E-state index is 13.4. The zero-order chi connectivity index (χ0) is 22.0. The fourth-order valence-corrected chi connectivity index (χ4v) is 3.49. The summed E-state index contributed by atoms with van der Waals surface area (Å²) < 4.78 is 10.5. The highest BCUT2D eigenvalue weighted by Gasteiger charge is 2.40. The first-order valence-corrected chi connectivity index (χ1v) is 9.83. The summed E-state index contributed by atoms with van der Waals surface area (Å²) in [5.74, 6) is 0.261. The van der Waals surface area contributed by atoms with Gasteiger partial charge in [0.05, 0.1) is 25.5 Å². The van der Waals surface area contributed by atoms with Crippen molar-refractivity contribution < 1.29 is 19.1 Å². The van der Waals surface area contributed by atoms with Gasteiger partial charge < -0.3 is 14.8 Å². The maximum Gasteiger partial charge on any atom is 0.282 e. The lowest BCUT2D eigenvalue weighted by Gasteiger charge is -2.16. The van der Waals surface area contributed by atoms with Crippen LogP contribution in [0.4, 0.5) is 11.4 Å². The van der Waals surface area contributed by atoms with Crippen molar-refractivity contribution in [2.45, 2.75) is 0 Å². The number of benzene rings is 3. The maximum atomic E-state index is 13.4. The highest BCUT2D eigenvalue weighted by atomic mass is 35.5. The van der Waals surface area contributed by atoms with E-state index in [0.29, 0.717) is 33.5 Å². The Hall–Kier alpha value is -3.77. The van der Waals surface area contributed by atoms with Crippen LogP contribution in [0.25, 0.3) is 5.57 Å². The molecule has 6 nitrogen and oxygen atoms in total. The molecule has 31 heavy (non-hydrogen) atoms. The normalized spacial score (nSPS) is 13.6. The second-order valence-corrected chi connectivity index (χ2v) is 7.20. The third-order valence-electron chi connectivity index (χ3n) is 4.87. The zero-order valence-corrected chi connectivity index (χ0v) is 17.6.